The van der Waals surface area contributed by atoms with Crippen LogP contribution >= 0.6 is 0 Å². The summed E-state index contributed by atoms with van der Waals surface area (Å²) in [7, 11) is 0. The van der Waals surface area contributed by atoms with Gasteiger partial charge in [0, 0.05) is 34.1 Å². The number of hydrogen-bond acceptors (Lipinski definition) is 2. The molecule has 9 rings (SSSR count). The Balaban J connectivity index is 1.19. The van der Waals surface area contributed by atoms with E-state index < -0.39 is 0 Å². The Bertz CT molecular complexity index is 2380. The third-order valence-electron chi connectivity index (χ3n) is 9.96. The Labute approximate surface area is 293 Å². The van der Waals surface area contributed by atoms with Crippen LogP contribution in [0.25, 0.3) is 43.1 Å². The Morgan fingerprint density at radius 2 is 0.580 bits per heavy atom. The summed E-state index contributed by atoms with van der Waals surface area (Å²) in [4.78, 5) is 4.69. The maximum Gasteiger partial charge on any atom is 0.0470 e. The van der Waals surface area contributed by atoms with Crippen molar-refractivity contribution in [3.8, 4) is 0 Å². The zero-order valence-corrected chi connectivity index (χ0v) is 28.2. The van der Waals surface area contributed by atoms with Crippen molar-refractivity contribution in [3.05, 3.63) is 193 Å². The predicted octanol–water partition coefficient (Wildman–Crippen LogP) is 13.9. The van der Waals surface area contributed by atoms with Crippen LogP contribution in [0.3, 0.4) is 0 Å². The predicted molar refractivity (Wildman–Crippen MR) is 215 cm³/mol. The van der Waals surface area contributed by atoms with Gasteiger partial charge >= 0.3 is 0 Å². The monoisotopic (exact) mass is 640 g/mol. The van der Waals surface area contributed by atoms with Crippen molar-refractivity contribution in [2.75, 3.05) is 9.80 Å². The van der Waals surface area contributed by atoms with Crippen LogP contribution in [0.4, 0.5) is 34.1 Å². The van der Waals surface area contributed by atoms with Crippen LogP contribution in [0.15, 0.2) is 182 Å². The van der Waals surface area contributed by atoms with Gasteiger partial charge in [-0.05, 0) is 141 Å². The molecule has 0 aliphatic carbocycles. The maximum atomic E-state index is 2.34. The van der Waals surface area contributed by atoms with Gasteiger partial charge in [0.25, 0.3) is 0 Å². The van der Waals surface area contributed by atoms with E-state index in [0.717, 1.165) is 34.1 Å². The van der Waals surface area contributed by atoms with E-state index in [1.54, 1.807) is 0 Å². The topological polar surface area (TPSA) is 6.48 Å². The molecule has 9 aromatic rings. The minimum absolute atomic E-state index is 1.14. The molecule has 2 nitrogen and oxygen atoms in total. The Hall–Kier alpha value is -6.38. The number of nitrogens with zero attached hydrogens (tertiary/aromatic N) is 2. The molecule has 0 unspecified atom stereocenters. The summed E-state index contributed by atoms with van der Waals surface area (Å²) < 4.78 is 0. The van der Waals surface area contributed by atoms with Crippen molar-refractivity contribution < 1.29 is 0 Å². The van der Waals surface area contributed by atoms with Crippen molar-refractivity contribution in [1.82, 2.24) is 0 Å². The van der Waals surface area contributed by atoms with Crippen LogP contribution in [-0.4, -0.2) is 0 Å². The van der Waals surface area contributed by atoms with Gasteiger partial charge in [0.05, 0.1) is 0 Å². The fraction of sp³-hybridized carbons (Fsp3) is 0.0417. The zero-order valence-electron chi connectivity index (χ0n) is 28.2. The van der Waals surface area contributed by atoms with Gasteiger partial charge in [0.15, 0.2) is 0 Å². The van der Waals surface area contributed by atoms with Crippen LogP contribution in [0.5, 0.6) is 0 Å². The van der Waals surface area contributed by atoms with Gasteiger partial charge in [0.1, 0.15) is 0 Å². The lowest BCUT2D eigenvalue weighted by Crippen LogP contribution is -2.10. The van der Waals surface area contributed by atoms with E-state index in [1.165, 1.54) is 54.2 Å². The lowest BCUT2D eigenvalue weighted by molar-refractivity contribution is 1.28. The second-order valence-electron chi connectivity index (χ2n) is 13.1. The van der Waals surface area contributed by atoms with E-state index >= 15 is 0 Å². The molecule has 0 atom stereocenters. The molecule has 0 spiro atoms. The van der Waals surface area contributed by atoms with Gasteiger partial charge in [-0.15, -0.1) is 0 Å². The molecule has 0 aliphatic rings. The highest BCUT2D eigenvalue weighted by molar-refractivity contribution is 6.23. The molecule has 0 radical (unpaired) electrons. The molecule has 0 heterocycles. The van der Waals surface area contributed by atoms with Crippen LogP contribution in [0.1, 0.15) is 11.1 Å². The highest BCUT2D eigenvalue weighted by atomic mass is 15.1. The largest absolute Gasteiger partial charge is 0.310 e. The summed E-state index contributed by atoms with van der Waals surface area (Å²) in [5, 5.41) is 10.3. The molecular formula is C48H36N2. The van der Waals surface area contributed by atoms with Gasteiger partial charge in [-0.1, -0.05) is 109 Å². The Kier molecular flexibility index (Phi) is 7.29. The second-order valence-corrected chi connectivity index (χ2v) is 13.1. The summed E-state index contributed by atoms with van der Waals surface area (Å²) in [6, 6.07) is 65.8. The molecule has 0 N–H and O–H groups in total. The van der Waals surface area contributed by atoms with Gasteiger partial charge in [-0.2, -0.15) is 0 Å². The first kappa shape index (κ1) is 29.7. The summed E-state index contributed by atoms with van der Waals surface area (Å²) in [6.07, 6.45) is 0. The molecule has 50 heavy (non-hydrogen) atoms. The zero-order chi connectivity index (χ0) is 33.6. The molecule has 2 heteroatoms. The van der Waals surface area contributed by atoms with Crippen molar-refractivity contribution in [2.24, 2.45) is 0 Å². The second kappa shape index (κ2) is 12.3. The van der Waals surface area contributed by atoms with E-state index in [4.69, 9.17) is 0 Å². The fourth-order valence-corrected chi connectivity index (χ4v) is 7.83. The first-order valence-corrected chi connectivity index (χ1v) is 17.3. The summed E-state index contributed by atoms with van der Waals surface area (Å²) >= 11 is 0. The van der Waals surface area contributed by atoms with Gasteiger partial charge in [0.2, 0.25) is 0 Å². The van der Waals surface area contributed by atoms with Gasteiger partial charge in [-0.25, -0.2) is 0 Å². The minimum atomic E-state index is 1.14. The normalized spacial score (nSPS) is 11.4. The number of para-hydroxylation sites is 4. The van der Waals surface area contributed by atoms with Gasteiger partial charge < -0.3 is 9.80 Å². The lowest BCUT2D eigenvalue weighted by atomic mass is 9.91. The highest BCUT2D eigenvalue weighted by Crippen LogP contribution is 2.43. The van der Waals surface area contributed by atoms with Gasteiger partial charge in [-0.3, -0.25) is 0 Å². The molecule has 0 aliphatic heterocycles. The summed E-state index contributed by atoms with van der Waals surface area (Å²) in [6.45, 7) is 4.50. The SMILES string of the molecule is Cc1cc(N(c2ccccc2)c2ccccc2)cc2ccc3c4ccc5cc(N(c6ccccc6)c6ccccc6)cc(C)c5c4ccc3c12. The summed E-state index contributed by atoms with van der Waals surface area (Å²) in [5.41, 5.74) is 9.42. The number of anilines is 6. The fourth-order valence-electron chi connectivity index (χ4n) is 7.83. The van der Waals surface area contributed by atoms with Crippen molar-refractivity contribution in [2.45, 2.75) is 13.8 Å². The molecule has 0 saturated heterocycles. The van der Waals surface area contributed by atoms with Crippen LogP contribution < -0.4 is 9.80 Å². The Morgan fingerprint density at radius 3 is 0.900 bits per heavy atom. The number of hydrogen-bond donors (Lipinski definition) is 0. The van der Waals surface area contributed by atoms with E-state index in [1.807, 2.05) is 0 Å². The van der Waals surface area contributed by atoms with Crippen LogP contribution in [-0.2, 0) is 0 Å². The van der Waals surface area contributed by atoms with Crippen molar-refractivity contribution >= 4 is 77.2 Å². The summed E-state index contributed by atoms with van der Waals surface area (Å²) in [5.74, 6) is 0. The molecule has 9 aromatic carbocycles. The first-order chi connectivity index (χ1) is 24.6. The van der Waals surface area contributed by atoms with E-state index in [-0.39, 0.29) is 0 Å². The quantitative estimate of drug-likeness (QED) is 0.167. The van der Waals surface area contributed by atoms with Crippen molar-refractivity contribution in [1.29, 1.82) is 0 Å². The number of rotatable bonds is 6. The molecule has 0 saturated carbocycles. The average molecular weight is 641 g/mol. The third-order valence-corrected chi connectivity index (χ3v) is 9.96. The standard InChI is InChI=1S/C48H36N2/c1-33-29-41(49(37-15-7-3-8-16-37)38-17-9-4-10-18-38)31-35-23-25-43-44-26-24-36-32-42(30-34(2)48(36)46(44)28-27-45(43)47(33)35)50(39-19-11-5-12-20-39)40-21-13-6-14-22-40/h3-32H,1-2H3. The number of aryl methyl sites for hydroxylation is 2. The highest BCUT2D eigenvalue weighted by Gasteiger charge is 2.18. The van der Waals surface area contributed by atoms with E-state index in [2.05, 4.69) is 206 Å². The number of fused-ring (bicyclic) bond motifs is 7. The third kappa shape index (κ3) is 5.05. The minimum Gasteiger partial charge on any atom is -0.310 e. The molecule has 0 fully saturated rings. The van der Waals surface area contributed by atoms with Crippen molar-refractivity contribution in [3.63, 3.8) is 0 Å². The molecular weight excluding hydrogens is 605 g/mol. The molecule has 0 bridgehead atoms. The van der Waals surface area contributed by atoms with Crippen LogP contribution in [0.2, 0.25) is 0 Å². The Morgan fingerprint density at radius 1 is 0.280 bits per heavy atom. The molecule has 0 amide bonds. The van der Waals surface area contributed by atoms with E-state index in [0.29, 0.717) is 0 Å². The first-order valence-electron chi connectivity index (χ1n) is 17.3. The van der Waals surface area contributed by atoms with E-state index in [9.17, 15) is 0 Å². The lowest BCUT2D eigenvalue weighted by Gasteiger charge is -2.27. The number of benzene rings is 9. The average Bonchev–Trinajstić information content (AvgIpc) is 3.16. The maximum absolute atomic E-state index is 2.34. The molecule has 0 aromatic heterocycles. The molecule has 238 valence electrons. The van der Waals surface area contributed by atoms with Crippen LogP contribution in [0, 0.1) is 13.8 Å². The smallest absolute Gasteiger partial charge is 0.0470 e.